The summed E-state index contributed by atoms with van der Waals surface area (Å²) in [4.78, 5) is 0. The maximum atomic E-state index is 5.57. The molecule has 0 aromatic carbocycles. The van der Waals surface area contributed by atoms with Crippen molar-refractivity contribution in [2.75, 3.05) is 13.7 Å². The van der Waals surface area contributed by atoms with Crippen LogP contribution < -0.4 is 5.32 Å². The van der Waals surface area contributed by atoms with Crippen LogP contribution in [0.5, 0.6) is 0 Å². The number of hydrogen-bond acceptors (Lipinski definition) is 5. The summed E-state index contributed by atoms with van der Waals surface area (Å²) in [7, 11) is 1.77. The van der Waals surface area contributed by atoms with E-state index in [1.54, 1.807) is 7.11 Å². The van der Waals surface area contributed by atoms with Crippen LogP contribution in [0.4, 0.5) is 0 Å². The third-order valence-corrected chi connectivity index (χ3v) is 3.27. The van der Waals surface area contributed by atoms with Crippen molar-refractivity contribution in [1.29, 1.82) is 0 Å². The fourth-order valence-corrected chi connectivity index (χ4v) is 1.98. The SMILES string of the molecule is CCNCc1nnnn1CC1(OC)CCC1. The molecule has 0 bridgehead atoms. The summed E-state index contributed by atoms with van der Waals surface area (Å²) in [6.45, 7) is 4.46. The van der Waals surface area contributed by atoms with Crippen LogP contribution in [0.2, 0.25) is 0 Å². The van der Waals surface area contributed by atoms with E-state index >= 15 is 0 Å². The Morgan fingerprint density at radius 2 is 2.31 bits per heavy atom. The lowest BCUT2D eigenvalue weighted by molar-refractivity contribution is -0.0863. The molecule has 0 unspecified atom stereocenters. The lowest BCUT2D eigenvalue weighted by Gasteiger charge is -2.40. The van der Waals surface area contributed by atoms with Gasteiger partial charge in [0.1, 0.15) is 0 Å². The van der Waals surface area contributed by atoms with Crippen molar-refractivity contribution in [3.05, 3.63) is 5.82 Å². The number of rotatable bonds is 6. The van der Waals surface area contributed by atoms with Crippen molar-refractivity contribution in [2.24, 2.45) is 0 Å². The van der Waals surface area contributed by atoms with Crippen LogP contribution in [0.25, 0.3) is 0 Å². The Labute approximate surface area is 95.4 Å². The second-order valence-corrected chi connectivity index (χ2v) is 4.27. The van der Waals surface area contributed by atoms with Crippen LogP contribution in [-0.2, 0) is 17.8 Å². The summed E-state index contributed by atoms with van der Waals surface area (Å²) in [5, 5.41) is 15.0. The zero-order chi connectivity index (χ0) is 11.4. The minimum absolute atomic E-state index is 0.0314. The Balaban J connectivity index is 2.00. The van der Waals surface area contributed by atoms with Gasteiger partial charge in [-0.15, -0.1) is 5.10 Å². The summed E-state index contributed by atoms with van der Waals surface area (Å²) >= 11 is 0. The number of nitrogens with one attached hydrogen (secondary N) is 1. The van der Waals surface area contributed by atoms with Gasteiger partial charge in [-0.3, -0.25) is 0 Å². The Morgan fingerprint density at radius 3 is 2.88 bits per heavy atom. The van der Waals surface area contributed by atoms with Gasteiger partial charge in [-0.1, -0.05) is 6.92 Å². The molecule has 0 atom stereocenters. The van der Waals surface area contributed by atoms with E-state index in [1.165, 1.54) is 6.42 Å². The van der Waals surface area contributed by atoms with Gasteiger partial charge in [0, 0.05) is 7.11 Å². The van der Waals surface area contributed by atoms with Gasteiger partial charge >= 0.3 is 0 Å². The third-order valence-electron chi connectivity index (χ3n) is 3.27. The molecule has 1 heterocycles. The summed E-state index contributed by atoms with van der Waals surface area (Å²) in [6.07, 6.45) is 3.44. The second-order valence-electron chi connectivity index (χ2n) is 4.27. The van der Waals surface area contributed by atoms with Crippen LogP contribution in [0.1, 0.15) is 32.0 Å². The first-order valence-corrected chi connectivity index (χ1v) is 5.80. The highest BCUT2D eigenvalue weighted by atomic mass is 16.5. The molecule has 2 rings (SSSR count). The quantitative estimate of drug-likeness (QED) is 0.757. The predicted molar refractivity (Wildman–Crippen MR) is 58.8 cm³/mol. The lowest BCUT2D eigenvalue weighted by Crippen LogP contribution is -2.44. The van der Waals surface area contributed by atoms with Crippen LogP contribution in [0.3, 0.4) is 0 Å². The van der Waals surface area contributed by atoms with Crippen LogP contribution in [0.15, 0.2) is 0 Å². The zero-order valence-corrected chi connectivity index (χ0v) is 9.94. The average Bonchev–Trinajstić information content (AvgIpc) is 2.68. The molecule has 1 N–H and O–H groups in total. The van der Waals surface area contributed by atoms with Crippen molar-refractivity contribution in [3.63, 3.8) is 0 Å². The van der Waals surface area contributed by atoms with E-state index in [9.17, 15) is 0 Å². The summed E-state index contributed by atoms with van der Waals surface area (Å²) in [5.41, 5.74) is -0.0314. The number of aromatic nitrogens is 4. The van der Waals surface area contributed by atoms with E-state index in [2.05, 4.69) is 27.8 Å². The molecule has 0 amide bonds. The normalized spacial score (nSPS) is 18.4. The van der Waals surface area contributed by atoms with Crippen LogP contribution >= 0.6 is 0 Å². The van der Waals surface area contributed by atoms with E-state index in [-0.39, 0.29) is 5.60 Å². The molecule has 1 aromatic rings. The van der Waals surface area contributed by atoms with Gasteiger partial charge in [0.15, 0.2) is 5.82 Å². The smallest absolute Gasteiger partial charge is 0.165 e. The van der Waals surface area contributed by atoms with Crippen molar-refractivity contribution in [1.82, 2.24) is 25.5 Å². The Hall–Kier alpha value is -1.01. The molecule has 16 heavy (non-hydrogen) atoms. The molecule has 0 spiro atoms. The summed E-state index contributed by atoms with van der Waals surface area (Å²) in [5.74, 6) is 0.880. The molecule has 90 valence electrons. The van der Waals surface area contributed by atoms with E-state index < -0.39 is 0 Å². The van der Waals surface area contributed by atoms with E-state index in [4.69, 9.17) is 4.74 Å². The maximum Gasteiger partial charge on any atom is 0.165 e. The molecule has 0 radical (unpaired) electrons. The summed E-state index contributed by atoms with van der Waals surface area (Å²) < 4.78 is 7.42. The molecular formula is C10H19N5O. The van der Waals surface area contributed by atoms with Gasteiger partial charge in [-0.05, 0) is 36.2 Å². The van der Waals surface area contributed by atoms with Crippen molar-refractivity contribution >= 4 is 0 Å². The predicted octanol–water partition coefficient (Wildman–Crippen LogP) is 0.352. The number of methoxy groups -OCH3 is 1. The average molecular weight is 225 g/mol. The Morgan fingerprint density at radius 1 is 1.50 bits per heavy atom. The largest absolute Gasteiger partial charge is 0.376 e. The highest BCUT2D eigenvalue weighted by molar-refractivity contribution is 4.92. The molecule has 1 aromatic heterocycles. The highest BCUT2D eigenvalue weighted by Gasteiger charge is 2.38. The Kier molecular flexibility index (Phi) is 3.50. The molecule has 1 fully saturated rings. The Bertz CT molecular complexity index is 328. The number of nitrogens with zero attached hydrogens (tertiary/aromatic N) is 4. The van der Waals surface area contributed by atoms with Crippen LogP contribution in [-0.4, -0.2) is 39.5 Å². The molecule has 1 aliphatic carbocycles. The number of tetrazole rings is 1. The molecule has 0 aliphatic heterocycles. The minimum Gasteiger partial charge on any atom is -0.376 e. The first kappa shape index (κ1) is 11.5. The molecular weight excluding hydrogens is 206 g/mol. The van der Waals surface area contributed by atoms with Gasteiger partial charge in [-0.2, -0.15) is 0 Å². The fourth-order valence-electron chi connectivity index (χ4n) is 1.98. The van der Waals surface area contributed by atoms with Crippen molar-refractivity contribution < 1.29 is 4.74 Å². The molecule has 6 heteroatoms. The lowest BCUT2D eigenvalue weighted by atomic mass is 9.80. The monoisotopic (exact) mass is 225 g/mol. The van der Waals surface area contributed by atoms with Crippen molar-refractivity contribution in [2.45, 2.75) is 44.9 Å². The number of ether oxygens (including phenoxy) is 1. The summed E-state index contributed by atoms with van der Waals surface area (Å²) in [6, 6.07) is 0. The van der Waals surface area contributed by atoms with Gasteiger partial charge in [0.25, 0.3) is 0 Å². The van der Waals surface area contributed by atoms with Gasteiger partial charge in [-0.25, -0.2) is 4.68 Å². The van der Waals surface area contributed by atoms with Gasteiger partial charge in [0.05, 0.1) is 18.7 Å². The van der Waals surface area contributed by atoms with Crippen molar-refractivity contribution in [3.8, 4) is 0 Å². The van der Waals surface area contributed by atoms with Gasteiger partial charge in [0.2, 0.25) is 0 Å². The fraction of sp³-hybridized carbons (Fsp3) is 0.900. The zero-order valence-electron chi connectivity index (χ0n) is 9.94. The van der Waals surface area contributed by atoms with E-state index in [0.717, 1.165) is 31.8 Å². The molecule has 0 saturated heterocycles. The standard InChI is InChI=1S/C10H19N5O/c1-3-11-7-9-12-13-14-15(9)8-10(16-2)5-4-6-10/h11H,3-8H2,1-2H3. The molecule has 1 saturated carbocycles. The van der Waals surface area contributed by atoms with E-state index in [0.29, 0.717) is 6.54 Å². The van der Waals surface area contributed by atoms with E-state index in [1.807, 2.05) is 4.68 Å². The minimum atomic E-state index is -0.0314. The first-order chi connectivity index (χ1) is 7.79. The highest BCUT2D eigenvalue weighted by Crippen LogP contribution is 2.36. The molecule has 6 nitrogen and oxygen atoms in total. The first-order valence-electron chi connectivity index (χ1n) is 5.80. The third kappa shape index (κ3) is 2.22. The van der Waals surface area contributed by atoms with Crippen LogP contribution in [0, 0.1) is 0 Å². The second kappa shape index (κ2) is 4.88. The molecule has 1 aliphatic rings. The topological polar surface area (TPSA) is 64.9 Å². The van der Waals surface area contributed by atoms with Gasteiger partial charge < -0.3 is 10.1 Å². The number of hydrogen-bond donors (Lipinski definition) is 1. The maximum absolute atomic E-state index is 5.57.